The van der Waals surface area contributed by atoms with Gasteiger partial charge in [0.1, 0.15) is 9.84 Å². The summed E-state index contributed by atoms with van der Waals surface area (Å²) in [6.45, 7) is 2.05. The molecule has 0 aromatic heterocycles. The van der Waals surface area contributed by atoms with Crippen LogP contribution in [0.1, 0.15) is 26.2 Å². The average molecular weight is 238 g/mol. The summed E-state index contributed by atoms with van der Waals surface area (Å²) in [5, 5.41) is 0. The van der Waals surface area contributed by atoms with Crippen LogP contribution in [-0.2, 0) is 14.6 Å². The van der Waals surface area contributed by atoms with E-state index in [0.29, 0.717) is 6.42 Å². The van der Waals surface area contributed by atoms with E-state index in [-0.39, 0.29) is 17.9 Å². The van der Waals surface area contributed by atoms with Gasteiger partial charge < -0.3 is 4.74 Å². The summed E-state index contributed by atoms with van der Waals surface area (Å²) in [6, 6.07) is -0.107. The number of rotatable bonds is 8. The number of nitrogens with two attached hydrogens (primary N) is 1. The quantitative estimate of drug-likeness (QED) is 0.462. The van der Waals surface area contributed by atoms with Gasteiger partial charge in [-0.25, -0.2) is 8.42 Å². The predicted molar refractivity (Wildman–Crippen MR) is 61.1 cm³/mol. The molecule has 92 valence electrons. The van der Waals surface area contributed by atoms with Crippen LogP contribution in [0.25, 0.3) is 0 Å². The van der Waals surface area contributed by atoms with Crippen LogP contribution in [0.2, 0.25) is 0 Å². The zero-order chi connectivity index (χ0) is 11.9. The molecule has 3 N–H and O–H groups in total. The molecule has 15 heavy (non-hydrogen) atoms. The molecule has 0 aliphatic carbocycles. The molecule has 0 bridgehead atoms. The van der Waals surface area contributed by atoms with E-state index in [9.17, 15) is 8.42 Å². The number of nitrogens with one attached hydrogen (secondary N) is 1. The maximum atomic E-state index is 11.0. The molecule has 0 aromatic rings. The minimum absolute atomic E-state index is 0.0262. The Morgan fingerprint density at radius 2 is 2.00 bits per heavy atom. The van der Waals surface area contributed by atoms with Gasteiger partial charge in [-0.1, -0.05) is 13.3 Å². The summed E-state index contributed by atoms with van der Waals surface area (Å²) in [5.74, 6) is 5.51. The molecule has 0 saturated carbocycles. The Kier molecular flexibility index (Phi) is 7.08. The number of hydrogen-bond acceptors (Lipinski definition) is 5. The van der Waals surface area contributed by atoms with Gasteiger partial charge in [-0.3, -0.25) is 11.3 Å². The average Bonchev–Trinajstić information content (AvgIpc) is 2.15. The first-order chi connectivity index (χ1) is 6.94. The third-order valence-electron chi connectivity index (χ3n) is 2.34. The number of methoxy groups -OCH3 is 1. The molecule has 0 radical (unpaired) electrons. The Morgan fingerprint density at radius 1 is 1.40 bits per heavy atom. The summed E-state index contributed by atoms with van der Waals surface area (Å²) in [6.07, 6.45) is 3.53. The van der Waals surface area contributed by atoms with Gasteiger partial charge in [0, 0.05) is 19.4 Å². The molecule has 0 amide bonds. The van der Waals surface area contributed by atoms with Crippen LogP contribution in [0.5, 0.6) is 0 Å². The van der Waals surface area contributed by atoms with E-state index in [0.717, 1.165) is 12.8 Å². The van der Waals surface area contributed by atoms with Gasteiger partial charge in [-0.2, -0.15) is 0 Å². The lowest BCUT2D eigenvalue weighted by atomic mass is 10.0. The Balaban J connectivity index is 4.21. The van der Waals surface area contributed by atoms with Gasteiger partial charge in [-0.05, 0) is 12.8 Å². The van der Waals surface area contributed by atoms with E-state index in [1.54, 1.807) is 7.11 Å². The predicted octanol–water partition coefficient (Wildman–Crippen LogP) is 0.0681. The van der Waals surface area contributed by atoms with E-state index in [2.05, 4.69) is 12.3 Å². The number of hydrazine groups is 1. The molecular weight excluding hydrogens is 216 g/mol. The summed E-state index contributed by atoms with van der Waals surface area (Å²) in [7, 11) is -1.32. The zero-order valence-corrected chi connectivity index (χ0v) is 10.5. The summed E-state index contributed by atoms with van der Waals surface area (Å²) in [5.41, 5.74) is 2.62. The molecule has 0 spiro atoms. The fraction of sp³-hybridized carbons (Fsp3) is 1.00. The molecule has 5 nitrogen and oxygen atoms in total. The molecule has 0 fully saturated rings. The van der Waals surface area contributed by atoms with Gasteiger partial charge in [0.2, 0.25) is 0 Å². The van der Waals surface area contributed by atoms with Crippen LogP contribution in [-0.4, -0.2) is 39.7 Å². The number of sulfone groups is 1. The standard InChI is InChI=1S/C9H22N2O3S/c1-4-5-9(14-2)8(11-10)6-7-15(3,12)13/h8-9,11H,4-7,10H2,1-3H3. The van der Waals surface area contributed by atoms with Gasteiger partial charge in [0.05, 0.1) is 11.9 Å². The summed E-state index contributed by atoms with van der Waals surface area (Å²) < 4.78 is 27.3. The van der Waals surface area contributed by atoms with Crippen molar-refractivity contribution in [2.45, 2.75) is 38.3 Å². The first-order valence-corrected chi connectivity index (χ1v) is 7.17. The van der Waals surface area contributed by atoms with Crippen LogP contribution in [0.15, 0.2) is 0 Å². The monoisotopic (exact) mass is 238 g/mol. The lowest BCUT2D eigenvalue weighted by molar-refractivity contribution is 0.0599. The number of hydrogen-bond donors (Lipinski definition) is 2. The van der Waals surface area contributed by atoms with Crippen molar-refractivity contribution < 1.29 is 13.2 Å². The SMILES string of the molecule is CCCC(OC)C(CCS(C)(=O)=O)NN. The first-order valence-electron chi connectivity index (χ1n) is 5.11. The first kappa shape index (κ1) is 14.8. The third kappa shape index (κ3) is 6.83. The molecule has 0 heterocycles. The smallest absolute Gasteiger partial charge is 0.147 e. The summed E-state index contributed by atoms with van der Waals surface area (Å²) >= 11 is 0. The van der Waals surface area contributed by atoms with Crippen LogP contribution in [0, 0.1) is 0 Å². The van der Waals surface area contributed by atoms with Gasteiger partial charge >= 0.3 is 0 Å². The normalized spacial score (nSPS) is 16.3. The van der Waals surface area contributed by atoms with E-state index >= 15 is 0 Å². The molecule has 2 unspecified atom stereocenters. The highest BCUT2D eigenvalue weighted by Gasteiger charge is 2.20. The fourth-order valence-corrected chi connectivity index (χ4v) is 2.17. The molecule has 0 aliphatic rings. The third-order valence-corrected chi connectivity index (χ3v) is 3.32. The van der Waals surface area contributed by atoms with Crippen molar-refractivity contribution in [2.24, 2.45) is 5.84 Å². The van der Waals surface area contributed by atoms with Crippen molar-refractivity contribution in [2.75, 3.05) is 19.1 Å². The lowest BCUT2D eigenvalue weighted by Gasteiger charge is -2.24. The fourth-order valence-electron chi connectivity index (χ4n) is 1.49. The number of ether oxygens (including phenoxy) is 1. The van der Waals surface area contributed by atoms with Crippen LogP contribution >= 0.6 is 0 Å². The van der Waals surface area contributed by atoms with E-state index in [4.69, 9.17) is 10.6 Å². The van der Waals surface area contributed by atoms with Crippen LogP contribution < -0.4 is 11.3 Å². The van der Waals surface area contributed by atoms with Crippen molar-refractivity contribution in [3.63, 3.8) is 0 Å². The zero-order valence-electron chi connectivity index (χ0n) is 9.69. The van der Waals surface area contributed by atoms with Gasteiger partial charge in [-0.15, -0.1) is 0 Å². The second kappa shape index (κ2) is 7.16. The highest BCUT2D eigenvalue weighted by molar-refractivity contribution is 7.90. The highest BCUT2D eigenvalue weighted by atomic mass is 32.2. The van der Waals surface area contributed by atoms with E-state index in [1.807, 2.05) is 0 Å². The molecule has 0 aromatic carbocycles. The van der Waals surface area contributed by atoms with E-state index in [1.165, 1.54) is 6.26 Å². The topological polar surface area (TPSA) is 81.4 Å². The maximum Gasteiger partial charge on any atom is 0.147 e. The molecular formula is C9H22N2O3S. The largest absolute Gasteiger partial charge is 0.380 e. The highest BCUT2D eigenvalue weighted by Crippen LogP contribution is 2.10. The van der Waals surface area contributed by atoms with Gasteiger partial charge in [0.15, 0.2) is 0 Å². The van der Waals surface area contributed by atoms with Gasteiger partial charge in [0.25, 0.3) is 0 Å². The van der Waals surface area contributed by atoms with Crippen molar-refractivity contribution in [1.29, 1.82) is 0 Å². The van der Waals surface area contributed by atoms with Crippen molar-refractivity contribution in [1.82, 2.24) is 5.43 Å². The van der Waals surface area contributed by atoms with Crippen molar-refractivity contribution in [3.05, 3.63) is 0 Å². The Labute approximate surface area is 92.3 Å². The minimum atomic E-state index is -2.94. The Morgan fingerprint density at radius 3 is 2.33 bits per heavy atom. The van der Waals surface area contributed by atoms with Crippen molar-refractivity contribution >= 4 is 9.84 Å². The Hall–Kier alpha value is -0.170. The van der Waals surface area contributed by atoms with Crippen LogP contribution in [0.3, 0.4) is 0 Å². The molecule has 0 rings (SSSR count). The minimum Gasteiger partial charge on any atom is -0.380 e. The molecule has 6 heteroatoms. The molecule has 0 saturated heterocycles. The lowest BCUT2D eigenvalue weighted by Crippen LogP contribution is -2.45. The van der Waals surface area contributed by atoms with E-state index < -0.39 is 9.84 Å². The second-order valence-corrected chi connectivity index (χ2v) is 6.01. The van der Waals surface area contributed by atoms with Crippen LogP contribution in [0.4, 0.5) is 0 Å². The maximum absolute atomic E-state index is 11.0. The molecule has 0 aliphatic heterocycles. The molecule has 2 atom stereocenters. The Bertz CT molecular complexity index is 254. The summed E-state index contributed by atoms with van der Waals surface area (Å²) in [4.78, 5) is 0. The van der Waals surface area contributed by atoms with Crippen molar-refractivity contribution in [3.8, 4) is 0 Å². The second-order valence-electron chi connectivity index (χ2n) is 3.75.